The zero-order valence-electron chi connectivity index (χ0n) is 24.7. The van der Waals surface area contributed by atoms with Crippen LogP contribution < -0.4 is 0 Å². The monoisotopic (exact) mass is 622 g/mol. The van der Waals surface area contributed by atoms with Crippen LogP contribution in [0, 0.1) is 0 Å². The first kappa shape index (κ1) is 26.1. The van der Waals surface area contributed by atoms with E-state index in [1.165, 1.54) is 0 Å². The topological polar surface area (TPSA) is 77.8 Å². The van der Waals surface area contributed by atoms with E-state index in [0.717, 1.165) is 75.5 Å². The fraction of sp³-hybridized carbons (Fsp3) is 0. The Bertz CT molecular complexity index is 2800. The smallest absolute Gasteiger partial charge is 0.227 e. The minimum Gasteiger partial charge on any atom is -0.456 e. The van der Waals surface area contributed by atoms with Gasteiger partial charge in [-0.15, -0.1) is 11.3 Å². The lowest BCUT2D eigenvalue weighted by atomic mass is 10.0. The third-order valence-corrected chi connectivity index (χ3v) is 9.71. The number of thiophene rings is 1. The van der Waals surface area contributed by atoms with Gasteiger partial charge in [0.1, 0.15) is 16.7 Å². The van der Waals surface area contributed by atoms with E-state index in [-0.39, 0.29) is 0 Å². The van der Waals surface area contributed by atoms with Crippen molar-refractivity contribution in [3.63, 3.8) is 0 Å². The molecule has 0 amide bonds. The average Bonchev–Trinajstić information content (AvgIpc) is 3.85. The Labute approximate surface area is 271 Å². The molecule has 0 atom stereocenters. The second-order valence-corrected chi connectivity index (χ2v) is 12.5. The number of nitrogens with zero attached hydrogens (tertiary/aromatic N) is 4. The summed E-state index contributed by atoms with van der Waals surface area (Å²) >= 11 is 1.72. The van der Waals surface area contributed by atoms with E-state index in [9.17, 15) is 0 Å². The lowest BCUT2D eigenvalue weighted by molar-refractivity contribution is 0.623. The molecule has 7 heteroatoms. The fourth-order valence-corrected chi connectivity index (χ4v) is 7.60. The number of hydrogen-bond acceptors (Lipinski definition) is 7. The average molecular weight is 623 g/mol. The van der Waals surface area contributed by atoms with Gasteiger partial charge in [0, 0.05) is 53.2 Å². The van der Waals surface area contributed by atoms with E-state index in [0.29, 0.717) is 23.4 Å². The first-order valence-corrected chi connectivity index (χ1v) is 16.1. The van der Waals surface area contributed by atoms with Crippen LogP contribution in [0.3, 0.4) is 0 Å². The largest absolute Gasteiger partial charge is 0.456 e. The summed E-state index contributed by atoms with van der Waals surface area (Å²) in [6.45, 7) is 0. The molecule has 0 spiro atoms. The zero-order valence-corrected chi connectivity index (χ0v) is 25.5. The van der Waals surface area contributed by atoms with Crippen LogP contribution in [-0.4, -0.2) is 19.9 Å². The molecule has 47 heavy (non-hydrogen) atoms. The van der Waals surface area contributed by atoms with Crippen molar-refractivity contribution < 1.29 is 8.83 Å². The maximum absolute atomic E-state index is 6.52. The summed E-state index contributed by atoms with van der Waals surface area (Å²) in [6, 6.07) is 44.6. The molecule has 4 heterocycles. The quantitative estimate of drug-likeness (QED) is 0.194. The molecule has 0 saturated carbocycles. The molecule has 0 aliphatic rings. The minimum atomic E-state index is 0.582. The Kier molecular flexibility index (Phi) is 5.64. The first-order chi connectivity index (χ1) is 23.3. The maximum atomic E-state index is 6.52. The summed E-state index contributed by atoms with van der Waals surface area (Å²) in [5.41, 5.74) is 6.83. The lowest BCUT2D eigenvalue weighted by Gasteiger charge is -2.10. The molecule has 0 saturated heterocycles. The van der Waals surface area contributed by atoms with E-state index >= 15 is 0 Å². The van der Waals surface area contributed by atoms with Gasteiger partial charge in [0.05, 0.1) is 0 Å². The normalized spacial score (nSPS) is 11.8. The van der Waals surface area contributed by atoms with Crippen molar-refractivity contribution in [3.8, 4) is 45.6 Å². The van der Waals surface area contributed by atoms with Gasteiger partial charge in [0.2, 0.25) is 5.89 Å². The van der Waals surface area contributed by atoms with Crippen LogP contribution in [-0.2, 0) is 0 Å². The zero-order chi connectivity index (χ0) is 30.9. The molecular formula is C40H22N4O2S. The highest BCUT2D eigenvalue weighted by Gasteiger charge is 2.22. The van der Waals surface area contributed by atoms with Crippen molar-refractivity contribution in [2.45, 2.75) is 0 Å². The number of hydrogen-bond donors (Lipinski definition) is 0. The van der Waals surface area contributed by atoms with Crippen LogP contribution in [0.2, 0.25) is 0 Å². The summed E-state index contributed by atoms with van der Waals surface area (Å²) in [5, 5.41) is 4.06. The van der Waals surface area contributed by atoms with Crippen LogP contribution in [0.1, 0.15) is 0 Å². The number of furan rings is 1. The number of para-hydroxylation sites is 1. The highest BCUT2D eigenvalue weighted by molar-refractivity contribution is 7.26. The number of benzene rings is 6. The molecule has 6 aromatic carbocycles. The standard InChI is InChI=1S/C40H22N4O2S/c1-3-11-23(12-4-1)37-42-38(26-16-9-19-30-33(26)25-15-7-8-18-29(25)45-30)44-39(43-37)27-17-10-20-31-34(27)35-32(47-31)22-21-28-36(35)46-40(41-28)24-13-5-2-6-14-24/h1-22H. The Balaban J connectivity index is 1.27. The van der Waals surface area contributed by atoms with E-state index < -0.39 is 0 Å². The van der Waals surface area contributed by atoms with Crippen molar-refractivity contribution in [2.24, 2.45) is 0 Å². The maximum Gasteiger partial charge on any atom is 0.227 e. The Morgan fingerprint density at radius 2 is 1.06 bits per heavy atom. The predicted molar refractivity (Wildman–Crippen MR) is 189 cm³/mol. The van der Waals surface area contributed by atoms with Crippen molar-refractivity contribution in [1.29, 1.82) is 0 Å². The molecule has 220 valence electrons. The van der Waals surface area contributed by atoms with Gasteiger partial charge in [-0.3, -0.25) is 0 Å². The Morgan fingerprint density at radius 3 is 1.87 bits per heavy atom. The molecule has 0 bridgehead atoms. The SMILES string of the molecule is c1ccc(-c2nc(-c3cccc4oc5ccccc5c34)nc(-c3cccc4sc5ccc6nc(-c7ccccc7)oc6c5c34)n2)cc1. The highest BCUT2D eigenvalue weighted by atomic mass is 32.1. The van der Waals surface area contributed by atoms with Crippen molar-refractivity contribution in [1.82, 2.24) is 19.9 Å². The lowest BCUT2D eigenvalue weighted by Crippen LogP contribution is -2.00. The van der Waals surface area contributed by atoms with Crippen LogP contribution in [0.25, 0.3) is 98.8 Å². The van der Waals surface area contributed by atoms with Gasteiger partial charge < -0.3 is 8.83 Å². The second-order valence-electron chi connectivity index (χ2n) is 11.4. The summed E-state index contributed by atoms with van der Waals surface area (Å²) < 4.78 is 15.0. The minimum absolute atomic E-state index is 0.582. The molecule has 10 aromatic rings. The van der Waals surface area contributed by atoms with E-state index in [2.05, 4.69) is 36.4 Å². The molecule has 0 aliphatic carbocycles. The van der Waals surface area contributed by atoms with Crippen LogP contribution in [0.4, 0.5) is 0 Å². The predicted octanol–water partition coefficient (Wildman–Crippen LogP) is 10.9. The van der Waals surface area contributed by atoms with Gasteiger partial charge in [-0.05, 0) is 42.5 Å². The molecule has 0 unspecified atom stereocenters. The first-order valence-electron chi connectivity index (χ1n) is 15.3. The van der Waals surface area contributed by atoms with Crippen LogP contribution >= 0.6 is 11.3 Å². The third kappa shape index (κ3) is 4.10. The van der Waals surface area contributed by atoms with Crippen molar-refractivity contribution >= 4 is 64.5 Å². The molecule has 0 aliphatic heterocycles. The van der Waals surface area contributed by atoms with Gasteiger partial charge in [-0.1, -0.05) is 91.0 Å². The van der Waals surface area contributed by atoms with E-state index in [1.54, 1.807) is 11.3 Å². The summed E-state index contributed by atoms with van der Waals surface area (Å²) in [6.07, 6.45) is 0. The van der Waals surface area contributed by atoms with Gasteiger partial charge in [-0.25, -0.2) is 19.9 Å². The number of rotatable bonds is 4. The molecular weight excluding hydrogens is 601 g/mol. The summed E-state index contributed by atoms with van der Waals surface area (Å²) in [5.74, 6) is 2.37. The van der Waals surface area contributed by atoms with Crippen LogP contribution in [0.15, 0.2) is 142 Å². The fourth-order valence-electron chi connectivity index (χ4n) is 6.47. The van der Waals surface area contributed by atoms with Crippen LogP contribution in [0.5, 0.6) is 0 Å². The van der Waals surface area contributed by atoms with Gasteiger partial charge in [0.25, 0.3) is 0 Å². The summed E-state index contributed by atoms with van der Waals surface area (Å²) in [4.78, 5) is 20.2. The molecule has 10 rings (SSSR count). The van der Waals surface area contributed by atoms with Crippen molar-refractivity contribution in [2.75, 3.05) is 0 Å². The number of fused-ring (bicyclic) bond motifs is 8. The van der Waals surface area contributed by atoms with Gasteiger partial charge >= 0.3 is 0 Å². The summed E-state index contributed by atoms with van der Waals surface area (Å²) in [7, 11) is 0. The Hall–Kier alpha value is -6.18. The Morgan fingerprint density at radius 1 is 0.426 bits per heavy atom. The van der Waals surface area contributed by atoms with Crippen molar-refractivity contribution in [3.05, 3.63) is 133 Å². The second kappa shape index (κ2) is 10.2. The number of oxazole rings is 1. The van der Waals surface area contributed by atoms with Gasteiger partial charge in [0.15, 0.2) is 23.1 Å². The molecule has 0 radical (unpaired) electrons. The number of aromatic nitrogens is 4. The molecule has 0 fully saturated rings. The van der Waals surface area contributed by atoms with Gasteiger partial charge in [-0.2, -0.15) is 0 Å². The highest BCUT2D eigenvalue weighted by Crippen LogP contribution is 2.44. The molecule has 4 aromatic heterocycles. The molecule has 0 N–H and O–H groups in total. The third-order valence-electron chi connectivity index (χ3n) is 8.59. The molecule has 6 nitrogen and oxygen atoms in total. The van der Waals surface area contributed by atoms with E-state index in [4.69, 9.17) is 28.8 Å². The van der Waals surface area contributed by atoms with E-state index in [1.807, 2.05) is 97.1 Å².